The molecule has 1 aromatic carbocycles. The number of furan rings is 1. The molecule has 3 aliphatic heterocycles. The Morgan fingerprint density at radius 2 is 2.12 bits per heavy atom. The van der Waals surface area contributed by atoms with Crippen LogP contribution in [0.3, 0.4) is 0 Å². The molecule has 5 heterocycles. The lowest BCUT2D eigenvalue weighted by Crippen LogP contribution is -2.46. The van der Waals surface area contributed by atoms with E-state index in [0.717, 1.165) is 5.92 Å². The smallest absolute Gasteiger partial charge is 0.147 e. The summed E-state index contributed by atoms with van der Waals surface area (Å²) in [7, 11) is 0. The van der Waals surface area contributed by atoms with Gasteiger partial charge in [-0.3, -0.25) is 0 Å². The van der Waals surface area contributed by atoms with E-state index in [0.29, 0.717) is 23.8 Å². The maximum atomic E-state index is 8.26. The maximum absolute atomic E-state index is 8.26. The highest BCUT2D eigenvalue weighted by Gasteiger charge is 2.35. The van der Waals surface area contributed by atoms with Gasteiger partial charge in [0.05, 0.1) is 12.0 Å². The summed E-state index contributed by atoms with van der Waals surface area (Å²) in [6.45, 7) is 3.74. The van der Waals surface area contributed by atoms with E-state index >= 15 is 0 Å². The zero-order chi connectivity index (χ0) is 16.8. The van der Waals surface area contributed by atoms with Gasteiger partial charge in [-0.05, 0) is 67.2 Å². The molecular formula is C21H23N3O. The molecule has 2 aromatic heterocycles. The van der Waals surface area contributed by atoms with E-state index in [1.165, 1.54) is 54.5 Å². The number of aromatic nitrogens is 1. The number of H-pyrrole nitrogens is 1. The van der Waals surface area contributed by atoms with Crippen LogP contribution in [0.5, 0.6) is 0 Å². The molecule has 3 fully saturated rings. The molecule has 3 saturated heterocycles. The Bertz CT molecular complexity index is 901. The predicted molar refractivity (Wildman–Crippen MR) is 99.4 cm³/mol. The van der Waals surface area contributed by atoms with E-state index in [1.807, 2.05) is 12.1 Å². The van der Waals surface area contributed by atoms with Gasteiger partial charge in [-0.1, -0.05) is 6.07 Å². The van der Waals surface area contributed by atoms with Crippen molar-refractivity contribution in [2.24, 2.45) is 5.92 Å². The first-order chi connectivity index (χ1) is 12.3. The number of aromatic amines is 1. The van der Waals surface area contributed by atoms with Gasteiger partial charge in [0.25, 0.3) is 0 Å². The zero-order valence-electron chi connectivity index (χ0n) is 14.3. The van der Waals surface area contributed by atoms with Crippen molar-refractivity contribution in [1.82, 2.24) is 9.88 Å². The van der Waals surface area contributed by atoms with Gasteiger partial charge in [-0.2, -0.15) is 0 Å². The number of hydrogen-bond donors (Lipinski definition) is 2. The maximum Gasteiger partial charge on any atom is 0.147 e. The van der Waals surface area contributed by atoms with E-state index < -0.39 is 0 Å². The highest BCUT2D eigenvalue weighted by molar-refractivity contribution is 5.97. The Labute approximate surface area is 147 Å². The van der Waals surface area contributed by atoms with Crippen LogP contribution in [-0.2, 0) is 6.42 Å². The van der Waals surface area contributed by atoms with Gasteiger partial charge in [0.1, 0.15) is 5.76 Å². The van der Waals surface area contributed by atoms with Gasteiger partial charge in [-0.15, -0.1) is 0 Å². The lowest BCUT2D eigenvalue weighted by Gasteiger charge is -2.44. The van der Waals surface area contributed by atoms with Crippen LogP contribution < -0.4 is 0 Å². The summed E-state index contributed by atoms with van der Waals surface area (Å²) < 4.78 is 5.36. The zero-order valence-corrected chi connectivity index (χ0v) is 14.3. The largest absolute Gasteiger partial charge is 0.463 e. The fourth-order valence-electron chi connectivity index (χ4n) is 4.67. The van der Waals surface area contributed by atoms with Crippen LogP contribution in [0.2, 0.25) is 0 Å². The Morgan fingerprint density at radius 1 is 1.24 bits per heavy atom. The summed E-state index contributed by atoms with van der Waals surface area (Å²) in [4.78, 5) is 6.07. The third-order valence-corrected chi connectivity index (χ3v) is 6.03. The monoisotopic (exact) mass is 333 g/mol. The second-order valence-electron chi connectivity index (χ2n) is 7.50. The molecule has 4 nitrogen and oxygen atoms in total. The Balaban J connectivity index is 1.46. The van der Waals surface area contributed by atoms with Crippen molar-refractivity contribution in [3.63, 3.8) is 0 Å². The SMILES string of the molecule is N=C(Cc1ccc2[nH]cc(C3CN4CCC3CC4)c2c1)c1ccco1. The molecule has 128 valence electrons. The Hall–Kier alpha value is -2.33. The molecule has 0 saturated carbocycles. The van der Waals surface area contributed by atoms with Crippen LogP contribution in [0, 0.1) is 11.3 Å². The summed E-state index contributed by atoms with van der Waals surface area (Å²) in [5.74, 6) is 2.14. The van der Waals surface area contributed by atoms with Gasteiger partial charge in [0, 0.05) is 36.0 Å². The lowest BCUT2D eigenvalue weighted by molar-refractivity contribution is 0.0876. The fraction of sp³-hybridized carbons (Fsp3) is 0.381. The molecule has 0 aliphatic carbocycles. The van der Waals surface area contributed by atoms with Gasteiger partial charge in [0.15, 0.2) is 0 Å². The quantitative estimate of drug-likeness (QED) is 0.704. The van der Waals surface area contributed by atoms with Crippen LogP contribution in [0.4, 0.5) is 0 Å². The van der Waals surface area contributed by atoms with Crippen molar-refractivity contribution in [3.8, 4) is 0 Å². The van der Waals surface area contributed by atoms with E-state index in [1.54, 1.807) is 6.26 Å². The summed E-state index contributed by atoms with van der Waals surface area (Å²) in [6.07, 6.45) is 7.12. The molecule has 25 heavy (non-hydrogen) atoms. The summed E-state index contributed by atoms with van der Waals surface area (Å²) in [5.41, 5.74) is 4.39. The molecule has 4 heteroatoms. The number of rotatable bonds is 4. The second-order valence-corrected chi connectivity index (χ2v) is 7.50. The van der Waals surface area contributed by atoms with E-state index in [9.17, 15) is 0 Å². The molecule has 0 spiro atoms. The van der Waals surface area contributed by atoms with E-state index in [4.69, 9.17) is 9.83 Å². The van der Waals surface area contributed by atoms with Crippen LogP contribution in [0.25, 0.3) is 10.9 Å². The van der Waals surface area contributed by atoms with Crippen LogP contribution in [0.1, 0.15) is 35.6 Å². The second kappa shape index (κ2) is 5.88. The first-order valence-electron chi connectivity index (χ1n) is 9.21. The number of fused-ring (bicyclic) bond motifs is 4. The Kier molecular flexibility index (Phi) is 3.52. The lowest BCUT2D eigenvalue weighted by atomic mass is 9.75. The standard InChI is InChI=1S/C21H23N3O/c22-19(21-2-1-9-25-21)11-14-3-4-20-16(10-14)17(12-23-20)18-13-24-7-5-15(18)6-8-24/h1-4,9-10,12,15,18,22-23H,5-8,11,13H2. The summed E-state index contributed by atoms with van der Waals surface area (Å²) >= 11 is 0. The molecule has 3 aliphatic rings. The molecule has 2 N–H and O–H groups in total. The average molecular weight is 333 g/mol. The minimum Gasteiger partial charge on any atom is -0.463 e. The van der Waals surface area contributed by atoms with Crippen molar-refractivity contribution in [3.05, 3.63) is 59.7 Å². The highest BCUT2D eigenvalue weighted by atomic mass is 16.3. The third-order valence-electron chi connectivity index (χ3n) is 6.03. The first kappa shape index (κ1) is 15.0. The number of piperidine rings is 3. The van der Waals surface area contributed by atoms with Crippen LogP contribution in [0.15, 0.2) is 47.2 Å². The molecule has 0 amide bonds. The minimum absolute atomic E-state index is 0.532. The van der Waals surface area contributed by atoms with Gasteiger partial charge < -0.3 is 19.7 Å². The van der Waals surface area contributed by atoms with Crippen molar-refractivity contribution < 1.29 is 4.42 Å². The number of nitrogens with zero attached hydrogens (tertiary/aromatic N) is 1. The fourth-order valence-corrected chi connectivity index (χ4v) is 4.67. The number of nitrogens with one attached hydrogen (secondary N) is 2. The van der Waals surface area contributed by atoms with Gasteiger partial charge in [0.2, 0.25) is 0 Å². The average Bonchev–Trinajstić information content (AvgIpc) is 3.32. The summed E-state index contributed by atoms with van der Waals surface area (Å²) in [5, 5.41) is 9.60. The molecule has 3 aromatic rings. The minimum atomic E-state index is 0.532. The predicted octanol–water partition coefficient (Wildman–Crippen LogP) is 4.18. The molecule has 0 radical (unpaired) electrons. The van der Waals surface area contributed by atoms with E-state index in [2.05, 4.69) is 34.3 Å². The van der Waals surface area contributed by atoms with Crippen molar-refractivity contribution >= 4 is 16.6 Å². The summed E-state index contributed by atoms with van der Waals surface area (Å²) in [6, 6.07) is 10.2. The molecule has 6 rings (SSSR count). The first-order valence-corrected chi connectivity index (χ1v) is 9.21. The van der Waals surface area contributed by atoms with Crippen molar-refractivity contribution in [1.29, 1.82) is 5.41 Å². The molecular weight excluding hydrogens is 310 g/mol. The van der Waals surface area contributed by atoms with Gasteiger partial charge in [-0.25, -0.2) is 0 Å². The highest BCUT2D eigenvalue weighted by Crippen LogP contribution is 2.41. The molecule has 2 bridgehead atoms. The van der Waals surface area contributed by atoms with Gasteiger partial charge >= 0.3 is 0 Å². The van der Waals surface area contributed by atoms with Crippen molar-refractivity contribution in [2.45, 2.75) is 25.2 Å². The molecule has 1 atom stereocenters. The number of benzene rings is 1. The Morgan fingerprint density at radius 3 is 2.84 bits per heavy atom. The number of hydrogen-bond acceptors (Lipinski definition) is 3. The van der Waals surface area contributed by atoms with Crippen LogP contribution in [-0.4, -0.2) is 35.2 Å². The third kappa shape index (κ3) is 2.61. The van der Waals surface area contributed by atoms with Crippen LogP contribution >= 0.6 is 0 Å². The topological polar surface area (TPSA) is 56.0 Å². The molecule has 1 unspecified atom stereocenters. The normalized spacial score (nSPS) is 25.5. The van der Waals surface area contributed by atoms with E-state index in [-0.39, 0.29) is 0 Å². The van der Waals surface area contributed by atoms with Crippen molar-refractivity contribution in [2.75, 3.05) is 19.6 Å².